The van der Waals surface area contributed by atoms with Crippen LogP contribution < -0.4 is 0 Å². The molecule has 18 heteroatoms. The minimum absolute atomic E-state index is 0.00244. The van der Waals surface area contributed by atoms with Gasteiger partial charge in [-0.1, -0.05) is 24.3 Å². The number of alkyl halides is 17. The molecule has 1 aromatic rings. The van der Waals surface area contributed by atoms with Crippen LogP contribution in [0.25, 0.3) is 5.57 Å². The molecule has 0 aromatic heterocycles. The maximum Gasteiger partial charge on any atom is 0.460 e. The zero-order valence-corrected chi connectivity index (χ0v) is 17.6. The summed E-state index contributed by atoms with van der Waals surface area (Å²) < 4.78 is 235. The van der Waals surface area contributed by atoms with Crippen LogP contribution in [0.4, 0.5) is 74.6 Å². The first-order chi connectivity index (χ1) is 16.2. The molecule has 0 aliphatic carbocycles. The van der Waals surface area contributed by atoms with Crippen LogP contribution in [0.1, 0.15) is 24.5 Å². The SMILES string of the molecule is CC(=C1CCO1)c1ccccc1C(F)(F)C(F)(F)C(F)(F)C(F)(F)C(F)(F)C(F)(F)C(F)(F)C(F)(F)F. The van der Waals surface area contributed by atoms with E-state index in [-0.39, 0.29) is 24.9 Å². The zero-order valence-electron chi connectivity index (χ0n) is 17.6. The Labute approximate surface area is 194 Å². The third-order valence-electron chi connectivity index (χ3n) is 5.42. The summed E-state index contributed by atoms with van der Waals surface area (Å²) in [7, 11) is 0. The summed E-state index contributed by atoms with van der Waals surface area (Å²) in [5.74, 6) is -56.9. The van der Waals surface area contributed by atoms with Gasteiger partial charge in [0.25, 0.3) is 0 Å². The quantitative estimate of drug-likeness (QED) is 0.282. The van der Waals surface area contributed by atoms with Gasteiger partial charge in [-0.05, 0) is 18.1 Å². The summed E-state index contributed by atoms with van der Waals surface area (Å²) in [6.07, 6.45) is -7.78. The maximum atomic E-state index is 14.7. The Morgan fingerprint density at radius 2 is 0.973 bits per heavy atom. The molecule has 2 rings (SSSR count). The highest BCUT2D eigenvalue weighted by atomic mass is 19.4. The summed E-state index contributed by atoms with van der Waals surface area (Å²) in [5.41, 5.74) is -3.73. The summed E-state index contributed by atoms with van der Waals surface area (Å²) in [4.78, 5) is 0. The first kappa shape index (κ1) is 30.8. The van der Waals surface area contributed by atoms with Gasteiger partial charge in [-0.2, -0.15) is 74.6 Å². The number of ether oxygens (including phenoxy) is 1. The van der Waals surface area contributed by atoms with Crippen LogP contribution in [-0.2, 0) is 10.7 Å². The molecule has 0 radical (unpaired) electrons. The van der Waals surface area contributed by atoms with Crippen molar-refractivity contribution in [2.75, 3.05) is 6.61 Å². The van der Waals surface area contributed by atoms with Gasteiger partial charge in [-0.3, -0.25) is 0 Å². The Morgan fingerprint density at radius 3 is 1.35 bits per heavy atom. The third kappa shape index (κ3) is 3.99. The molecule has 212 valence electrons. The van der Waals surface area contributed by atoms with E-state index in [1.54, 1.807) is 0 Å². The number of rotatable bonds is 8. The van der Waals surface area contributed by atoms with Gasteiger partial charge in [0.15, 0.2) is 0 Å². The van der Waals surface area contributed by atoms with Crippen LogP contribution in [0.3, 0.4) is 0 Å². The lowest BCUT2D eigenvalue weighted by molar-refractivity contribution is -0.462. The van der Waals surface area contributed by atoms with Crippen molar-refractivity contribution in [3.63, 3.8) is 0 Å². The van der Waals surface area contributed by atoms with Gasteiger partial charge in [-0.15, -0.1) is 0 Å². The van der Waals surface area contributed by atoms with Crippen molar-refractivity contribution in [1.29, 1.82) is 0 Å². The number of hydrogen-bond donors (Lipinski definition) is 0. The number of benzene rings is 1. The number of allylic oxidation sites excluding steroid dienone is 1. The fourth-order valence-electron chi connectivity index (χ4n) is 3.07. The molecule has 1 fully saturated rings. The summed E-state index contributed by atoms with van der Waals surface area (Å²) >= 11 is 0. The Morgan fingerprint density at radius 1 is 0.595 bits per heavy atom. The molecule has 0 atom stereocenters. The van der Waals surface area contributed by atoms with Gasteiger partial charge in [-0.25, -0.2) is 0 Å². The summed E-state index contributed by atoms with van der Waals surface area (Å²) in [6.45, 7) is 0.916. The fraction of sp³-hybridized carbons (Fsp3) is 0.579. The van der Waals surface area contributed by atoms with Gasteiger partial charge in [0.05, 0.1) is 6.61 Å². The fourth-order valence-corrected chi connectivity index (χ4v) is 3.07. The van der Waals surface area contributed by atoms with Crippen LogP contribution in [0.5, 0.6) is 0 Å². The van der Waals surface area contributed by atoms with Gasteiger partial charge in [0.1, 0.15) is 5.76 Å². The largest absolute Gasteiger partial charge is 0.497 e. The number of hydrogen-bond acceptors (Lipinski definition) is 1. The number of halogens is 17. The van der Waals surface area contributed by atoms with Crippen LogP contribution >= 0.6 is 0 Å². The summed E-state index contributed by atoms with van der Waals surface area (Å²) in [6, 6.07) is 1.85. The second-order valence-electron chi connectivity index (χ2n) is 7.71. The molecule has 0 amide bonds. The molecule has 1 nitrogen and oxygen atoms in total. The molecule has 1 aliphatic heterocycles. The normalized spacial score (nSPS) is 18.3. The van der Waals surface area contributed by atoms with Crippen LogP contribution in [-0.4, -0.2) is 48.3 Å². The molecule has 0 spiro atoms. The van der Waals surface area contributed by atoms with Crippen molar-refractivity contribution in [2.45, 2.75) is 61.0 Å². The highest BCUT2D eigenvalue weighted by Gasteiger charge is 2.95. The molecule has 0 N–H and O–H groups in total. The lowest BCUT2D eigenvalue weighted by Crippen LogP contribution is -2.74. The van der Waals surface area contributed by atoms with Crippen LogP contribution in [0, 0.1) is 0 Å². The van der Waals surface area contributed by atoms with Crippen LogP contribution in [0.15, 0.2) is 30.0 Å². The predicted molar refractivity (Wildman–Crippen MR) is 89.2 cm³/mol. The molecular formula is C19H11F17O. The van der Waals surface area contributed by atoms with E-state index in [9.17, 15) is 74.6 Å². The van der Waals surface area contributed by atoms with E-state index in [4.69, 9.17) is 4.74 Å². The van der Waals surface area contributed by atoms with E-state index in [0.717, 1.165) is 13.0 Å². The van der Waals surface area contributed by atoms with Crippen molar-refractivity contribution in [3.8, 4) is 0 Å². The van der Waals surface area contributed by atoms with Crippen LogP contribution in [0.2, 0.25) is 0 Å². The standard InChI is InChI=1S/C19H11F17O/c1-8(11-6-7-37-11)9-4-2-3-5-10(9)12(20,21)13(22,23)14(24,25)15(26,27)16(28,29)17(30,31)18(32,33)19(34,35)36/h2-5H,6-7H2,1H3. The topological polar surface area (TPSA) is 9.23 Å². The van der Waals surface area contributed by atoms with Crippen molar-refractivity contribution < 1.29 is 79.4 Å². The molecule has 1 aliphatic rings. The third-order valence-corrected chi connectivity index (χ3v) is 5.42. The minimum Gasteiger partial charge on any atom is -0.497 e. The Balaban J connectivity index is 2.71. The van der Waals surface area contributed by atoms with Gasteiger partial charge in [0.2, 0.25) is 0 Å². The van der Waals surface area contributed by atoms with Crippen molar-refractivity contribution in [3.05, 3.63) is 41.2 Å². The highest BCUT2D eigenvalue weighted by Crippen LogP contribution is 2.65. The maximum absolute atomic E-state index is 14.7. The Bertz CT molecular complexity index is 1040. The van der Waals surface area contributed by atoms with Crippen molar-refractivity contribution >= 4 is 5.57 Å². The lowest BCUT2D eigenvalue weighted by Gasteiger charge is -2.43. The second kappa shape index (κ2) is 8.54. The van der Waals surface area contributed by atoms with E-state index in [0.29, 0.717) is 12.1 Å². The molecule has 37 heavy (non-hydrogen) atoms. The van der Waals surface area contributed by atoms with E-state index >= 15 is 0 Å². The second-order valence-corrected chi connectivity index (χ2v) is 7.71. The average Bonchev–Trinajstić information content (AvgIpc) is 2.70. The first-order valence-corrected chi connectivity index (χ1v) is 9.39. The lowest BCUT2D eigenvalue weighted by atomic mass is 9.85. The molecule has 1 heterocycles. The molecule has 0 unspecified atom stereocenters. The molecule has 1 saturated heterocycles. The Hall–Kier alpha value is -2.43. The first-order valence-electron chi connectivity index (χ1n) is 9.39. The van der Waals surface area contributed by atoms with E-state index in [1.165, 1.54) is 0 Å². The van der Waals surface area contributed by atoms with E-state index < -0.39 is 64.3 Å². The van der Waals surface area contributed by atoms with Crippen molar-refractivity contribution in [1.82, 2.24) is 0 Å². The van der Waals surface area contributed by atoms with Gasteiger partial charge < -0.3 is 4.74 Å². The monoisotopic (exact) mass is 578 g/mol. The molecular weight excluding hydrogens is 567 g/mol. The van der Waals surface area contributed by atoms with E-state index in [1.807, 2.05) is 0 Å². The van der Waals surface area contributed by atoms with Gasteiger partial charge in [0, 0.05) is 12.0 Å². The van der Waals surface area contributed by atoms with Crippen molar-refractivity contribution in [2.24, 2.45) is 0 Å². The predicted octanol–water partition coefficient (Wildman–Crippen LogP) is 8.30. The van der Waals surface area contributed by atoms with Gasteiger partial charge >= 0.3 is 47.6 Å². The molecule has 1 aromatic carbocycles. The average molecular weight is 578 g/mol. The Kier molecular flexibility index (Phi) is 7.11. The highest BCUT2D eigenvalue weighted by molar-refractivity contribution is 5.70. The smallest absolute Gasteiger partial charge is 0.460 e. The zero-order chi connectivity index (χ0) is 29.3. The minimum atomic E-state index is -8.65. The molecule has 0 saturated carbocycles. The van der Waals surface area contributed by atoms with E-state index in [2.05, 4.69) is 0 Å². The summed E-state index contributed by atoms with van der Waals surface area (Å²) in [5, 5.41) is 0. The molecule has 0 bridgehead atoms.